The quantitative estimate of drug-likeness (QED) is 0.920. The average molecular weight is 316 g/mol. The molecule has 2 rings (SSSR count). The topological polar surface area (TPSA) is 32.3 Å². The molecule has 0 spiro atoms. The van der Waals surface area contributed by atoms with Gasteiger partial charge in [0, 0.05) is 31.6 Å². The molecular weight excluding hydrogens is 284 g/mol. The van der Waals surface area contributed by atoms with Crippen LogP contribution in [0, 0.1) is 32.6 Å². The van der Waals surface area contributed by atoms with Crippen LogP contribution in [-0.4, -0.2) is 29.9 Å². The fourth-order valence-electron chi connectivity index (χ4n) is 3.47. The average Bonchev–Trinajstić information content (AvgIpc) is 2.49. The zero-order valence-corrected chi connectivity index (χ0v) is 15.6. The Morgan fingerprint density at radius 3 is 2.48 bits per heavy atom. The summed E-state index contributed by atoms with van der Waals surface area (Å²) >= 11 is 0. The van der Waals surface area contributed by atoms with Gasteiger partial charge >= 0.3 is 0 Å². The number of nitrogens with one attached hydrogen (secondary N) is 1. The molecule has 1 heterocycles. The fourth-order valence-corrected chi connectivity index (χ4v) is 3.47. The third kappa shape index (κ3) is 4.35. The number of rotatable bonds is 4. The lowest BCUT2D eigenvalue weighted by Crippen LogP contribution is -2.50. The van der Waals surface area contributed by atoms with Gasteiger partial charge in [-0.1, -0.05) is 32.9 Å². The van der Waals surface area contributed by atoms with E-state index in [-0.39, 0.29) is 5.92 Å². The Balaban J connectivity index is 1.93. The zero-order chi connectivity index (χ0) is 17.1. The van der Waals surface area contributed by atoms with E-state index in [1.165, 1.54) is 22.3 Å². The van der Waals surface area contributed by atoms with Crippen LogP contribution in [0.25, 0.3) is 0 Å². The number of nitrogens with zero attached hydrogens (tertiary/aromatic N) is 1. The van der Waals surface area contributed by atoms with Crippen LogP contribution in [0.1, 0.15) is 49.4 Å². The van der Waals surface area contributed by atoms with Gasteiger partial charge in [-0.05, 0) is 55.4 Å². The van der Waals surface area contributed by atoms with E-state index in [4.69, 9.17) is 0 Å². The number of piperidine rings is 1. The SMILES string of the molecule is Cc1cc(C)c(CN[C@@H]2CCN(C(=O)C(C)C)C[C@H]2C)cc1C. The molecule has 1 N–H and O–H groups in total. The van der Waals surface area contributed by atoms with E-state index in [1.54, 1.807) is 0 Å². The lowest BCUT2D eigenvalue weighted by Gasteiger charge is -2.38. The number of amides is 1. The Hall–Kier alpha value is -1.35. The van der Waals surface area contributed by atoms with Crippen LogP contribution in [0.15, 0.2) is 12.1 Å². The highest BCUT2D eigenvalue weighted by molar-refractivity contribution is 5.78. The molecule has 1 aromatic rings. The number of benzene rings is 1. The fraction of sp³-hybridized carbons (Fsp3) is 0.650. The monoisotopic (exact) mass is 316 g/mol. The molecule has 1 amide bonds. The van der Waals surface area contributed by atoms with Crippen molar-refractivity contribution in [3.8, 4) is 0 Å². The molecule has 1 saturated heterocycles. The van der Waals surface area contributed by atoms with E-state index in [0.29, 0.717) is 17.9 Å². The summed E-state index contributed by atoms with van der Waals surface area (Å²) in [6.45, 7) is 15.4. The summed E-state index contributed by atoms with van der Waals surface area (Å²) in [6.07, 6.45) is 1.05. The summed E-state index contributed by atoms with van der Waals surface area (Å²) < 4.78 is 0. The van der Waals surface area contributed by atoms with Crippen molar-refractivity contribution < 1.29 is 4.79 Å². The standard InChI is InChI=1S/C20H32N2O/c1-13(2)20(23)22-8-7-19(17(6)12-22)21-11-18-10-15(4)14(3)9-16(18)5/h9-10,13,17,19,21H,7-8,11-12H2,1-6H3/t17-,19-/m1/s1. The minimum Gasteiger partial charge on any atom is -0.342 e. The molecule has 3 heteroatoms. The zero-order valence-electron chi connectivity index (χ0n) is 15.6. The lowest BCUT2D eigenvalue weighted by molar-refractivity contribution is -0.136. The van der Waals surface area contributed by atoms with Gasteiger partial charge in [0.1, 0.15) is 0 Å². The highest BCUT2D eigenvalue weighted by atomic mass is 16.2. The summed E-state index contributed by atoms with van der Waals surface area (Å²) in [5, 5.41) is 3.73. The normalized spacial score (nSPS) is 21.8. The molecule has 0 aliphatic carbocycles. The number of carbonyl (C=O) groups is 1. The van der Waals surface area contributed by atoms with Crippen molar-refractivity contribution in [2.75, 3.05) is 13.1 Å². The highest BCUT2D eigenvalue weighted by Gasteiger charge is 2.29. The number of hydrogen-bond acceptors (Lipinski definition) is 2. The molecule has 128 valence electrons. The van der Waals surface area contributed by atoms with Crippen LogP contribution < -0.4 is 5.32 Å². The predicted molar refractivity (Wildman–Crippen MR) is 96.5 cm³/mol. The van der Waals surface area contributed by atoms with E-state index in [9.17, 15) is 4.79 Å². The maximum absolute atomic E-state index is 12.1. The number of carbonyl (C=O) groups excluding carboxylic acids is 1. The Morgan fingerprint density at radius 2 is 1.87 bits per heavy atom. The van der Waals surface area contributed by atoms with E-state index < -0.39 is 0 Å². The summed E-state index contributed by atoms with van der Waals surface area (Å²) in [6, 6.07) is 5.08. The summed E-state index contributed by atoms with van der Waals surface area (Å²) in [5.74, 6) is 0.892. The maximum Gasteiger partial charge on any atom is 0.225 e. The number of likely N-dealkylation sites (tertiary alicyclic amines) is 1. The molecular formula is C20H32N2O. The number of aryl methyl sites for hydroxylation is 3. The molecule has 1 fully saturated rings. The summed E-state index contributed by atoms with van der Waals surface area (Å²) in [7, 11) is 0. The van der Waals surface area contributed by atoms with Gasteiger partial charge in [-0.25, -0.2) is 0 Å². The highest BCUT2D eigenvalue weighted by Crippen LogP contribution is 2.20. The van der Waals surface area contributed by atoms with Crippen molar-refractivity contribution in [2.45, 2.75) is 60.5 Å². The van der Waals surface area contributed by atoms with E-state index in [1.807, 2.05) is 18.7 Å². The van der Waals surface area contributed by atoms with Crippen LogP contribution in [-0.2, 0) is 11.3 Å². The summed E-state index contributed by atoms with van der Waals surface area (Å²) in [4.78, 5) is 14.2. The van der Waals surface area contributed by atoms with Crippen molar-refractivity contribution in [2.24, 2.45) is 11.8 Å². The van der Waals surface area contributed by atoms with Crippen molar-refractivity contribution in [1.29, 1.82) is 0 Å². The molecule has 0 radical (unpaired) electrons. The van der Waals surface area contributed by atoms with Crippen LogP contribution in [0.2, 0.25) is 0 Å². The first-order valence-electron chi connectivity index (χ1n) is 8.88. The van der Waals surface area contributed by atoms with Crippen molar-refractivity contribution in [3.05, 3.63) is 34.4 Å². The maximum atomic E-state index is 12.1. The molecule has 0 saturated carbocycles. The largest absolute Gasteiger partial charge is 0.342 e. The van der Waals surface area contributed by atoms with Crippen molar-refractivity contribution >= 4 is 5.91 Å². The second kappa shape index (κ2) is 7.48. The lowest BCUT2D eigenvalue weighted by atomic mass is 9.92. The molecule has 0 aromatic heterocycles. The first-order chi connectivity index (χ1) is 10.8. The summed E-state index contributed by atoms with van der Waals surface area (Å²) in [5.41, 5.74) is 5.47. The molecule has 1 aromatic carbocycles. The molecule has 23 heavy (non-hydrogen) atoms. The Labute approximate surface area is 141 Å². The third-order valence-electron chi connectivity index (χ3n) is 5.22. The van der Waals surface area contributed by atoms with Gasteiger partial charge in [-0.3, -0.25) is 4.79 Å². The minimum atomic E-state index is 0.102. The molecule has 1 aliphatic heterocycles. The van der Waals surface area contributed by atoms with Gasteiger partial charge in [-0.15, -0.1) is 0 Å². The molecule has 0 bridgehead atoms. The second-order valence-electron chi connectivity index (χ2n) is 7.56. The Morgan fingerprint density at radius 1 is 1.22 bits per heavy atom. The van der Waals surface area contributed by atoms with Gasteiger partial charge in [0.2, 0.25) is 5.91 Å². The van der Waals surface area contributed by atoms with Crippen LogP contribution in [0.5, 0.6) is 0 Å². The predicted octanol–water partition coefficient (Wildman–Crippen LogP) is 3.59. The number of hydrogen-bond donors (Lipinski definition) is 1. The van der Waals surface area contributed by atoms with Crippen LogP contribution in [0.4, 0.5) is 0 Å². The first-order valence-corrected chi connectivity index (χ1v) is 8.88. The smallest absolute Gasteiger partial charge is 0.225 e. The van der Waals surface area contributed by atoms with E-state index in [2.05, 4.69) is 45.1 Å². The van der Waals surface area contributed by atoms with Crippen LogP contribution >= 0.6 is 0 Å². The van der Waals surface area contributed by atoms with Gasteiger partial charge in [0.05, 0.1) is 0 Å². The first kappa shape index (κ1) is 18.0. The van der Waals surface area contributed by atoms with Crippen molar-refractivity contribution in [3.63, 3.8) is 0 Å². The second-order valence-corrected chi connectivity index (χ2v) is 7.56. The van der Waals surface area contributed by atoms with E-state index >= 15 is 0 Å². The van der Waals surface area contributed by atoms with Gasteiger partial charge in [0.15, 0.2) is 0 Å². The van der Waals surface area contributed by atoms with E-state index in [0.717, 1.165) is 26.1 Å². The molecule has 1 aliphatic rings. The van der Waals surface area contributed by atoms with Crippen molar-refractivity contribution in [1.82, 2.24) is 10.2 Å². The third-order valence-corrected chi connectivity index (χ3v) is 5.22. The Kier molecular flexibility index (Phi) is 5.85. The van der Waals surface area contributed by atoms with Gasteiger partial charge in [0.25, 0.3) is 0 Å². The Bertz CT molecular complexity index is 565. The van der Waals surface area contributed by atoms with Gasteiger partial charge in [-0.2, -0.15) is 0 Å². The van der Waals surface area contributed by atoms with Gasteiger partial charge < -0.3 is 10.2 Å². The minimum absolute atomic E-state index is 0.102. The van der Waals surface area contributed by atoms with Crippen LogP contribution in [0.3, 0.4) is 0 Å². The molecule has 2 atom stereocenters. The molecule has 0 unspecified atom stereocenters. The molecule has 3 nitrogen and oxygen atoms in total.